The molecule has 0 amide bonds. The molecule has 9 nitrogen and oxygen atoms in total. The lowest BCUT2D eigenvalue weighted by Gasteiger charge is -2.42. The van der Waals surface area contributed by atoms with Gasteiger partial charge in [0.1, 0.15) is 41.0 Å². The Balaban J connectivity index is 0.821. The fourth-order valence-corrected chi connectivity index (χ4v) is 10.2. The number of hydrogen-bond donors (Lipinski definition) is 0. The van der Waals surface area contributed by atoms with Gasteiger partial charge >= 0.3 is 0 Å². The van der Waals surface area contributed by atoms with Gasteiger partial charge in [-0.05, 0) is 107 Å². The summed E-state index contributed by atoms with van der Waals surface area (Å²) in [5.41, 5.74) is 12.4. The normalized spacial score (nSPS) is 13.8. The van der Waals surface area contributed by atoms with Crippen molar-refractivity contribution in [1.82, 2.24) is 9.55 Å². The van der Waals surface area contributed by atoms with Crippen LogP contribution in [0.3, 0.4) is 0 Å². The second-order valence-corrected chi connectivity index (χ2v) is 18.5. The van der Waals surface area contributed by atoms with Crippen LogP contribution in [0, 0.1) is 0 Å². The molecule has 0 saturated carbocycles. The number of rotatable bonds is 6. The minimum atomic E-state index is -0.0404. The van der Waals surface area contributed by atoms with E-state index in [0.29, 0.717) is 6.67 Å². The number of para-hydroxylation sites is 4. The van der Waals surface area contributed by atoms with Gasteiger partial charge in [-0.25, -0.2) is 4.98 Å². The molecule has 0 aliphatic carbocycles. The maximum atomic E-state index is 6.80. The highest BCUT2D eigenvalue weighted by Gasteiger charge is 2.42. The van der Waals surface area contributed by atoms with Crippen molar-refractivity contribution in [2.45, 2.75) is 26.2 Å². The molecule has 9 heteroatoms. The summed E-state index contributed by atoms with van der Waals surface area (Å²) in [6.07, 6.45) is 1.92. The van der Waals surface area contributed by atoms with Crippen molar-refractivity contribution in [3.8, 4) is 62.9 Å². The third kappa shape index (κ3) is 5.77. The molecule has 0 radical (unpaired) electrons. The van der Waals surface area contributed by atoms with Gasteiger partial charge in [-0.2, -0.15) is 0 Å². The van der Waals surface area contributed by atoms with E-state index in [-0.39, 0.29) is 5.41 Å². The maximum absolute atomic E-state index is 6.80. The lowest BCUT2D eigenvalue weighted by molar-refractivity contribution is 0.418. The fraction of sp³-hybridized carbons (Fsp3) is 0.0862. The highest BCUT2D eigenvalue weighted by Crippen LogP contribution is 2.67. The molecule has 0 fully saturated rings. The number of anilines is 7. The lowest BCUT2D eigenvalue weighted by Crippen LogP contribution is -2.26. The van der Waals surface area contributed by atoms with Crippen LogP contribution >= 0.6 is 0 Å². The van der Waals surface area contributed by atoms with Crippen molar-refractivity contribution in [1.29, 1.82) is 0 Å². The van der Waals surface area contributed by atoms with E-state index in [1.807, 2.05) is 48.7 Å². The molecule has 0 atom stereocenters. The Morgan fingerprint density at radius 1 is 0.478 bits per heavy atom. The van der Waals surface area contributed by atoms with Gasteiger partial charge in [0, 0.05) is 46.9 Å². The van der Waals surface area contributed by atoms with Crippen LogP contribution in [-0.4, -0.2) is 16.2 Å². The largest absolute Gasteiger partial charge is 0.457 e. The first-order valence-corrected chi connectivity index (χ1v) is 22.6. The van der Waals surface area contributed by atoms with Crippen molar-refractivity contribution in [2.75, 3.05) is 21.4 Å². The average molecular weight is 872 g/mol. The van der Waals surface area contributed by atoms with Gasteiger partial charge in [-0.1, -0.05) is 87.5 Å². The van der Waals surface area contributed by atoms with E-state index >= 15 is 0 Å². The van der Waals surface area contributed by atoms with E-state index in [9.17, 15) is 0 Å². The first-order chi connectivity index (χ1) is 32.8. The molecule has 0 bridgehead atoms. The maximum Gasteiger partial charge on any atom is 0.157 e. The van der Waals surface area contributed by atoms with Gasteiger partial charge < -0.3 is 28.7 Å². The van der Waals surface area contributed by atoms with E-state index in [4.69, 9.17) is 23.9 Å². The Hall–Kier alpha value is -8.69. The summed E-state index contributed by atoms with van der Waals surface area (Å²) < 4.78 is 28.8. The molecule has 0 unspecified atom stereocenters. The van der Waals surface area contributed by atoms with Crippen LogP contribution in [0.4, 0.5) is 39.8 Å². The van der Waals surface area contributed by atoms with Gasteiger partial charge in [-0.3, -0.25) is 9.47 Å². The van der Waals surface area contributed by atoms with Gasteiger partial charge in [0.25, 0.3) is 0 Å². The first-order valence-electron chi connectivity index (χ1n) is 22.6. The van der Waals surface area contributed by atoms with Gasteiger partial charge in [0.05, 0.1) is 28.1 Å². The predicted molar refractivity (Wildman–Crippen MR) is 266 cm³/mol. The quantitative estimate of drug-likeness (QED) is 0.164. The van der Waals surface area contributed by atoms with Crippen molar-refractivity contribution >= 4 is 61.6 Å². The van der Waals surface area contributed by atoms with Crippen LogP contribution in [0.15, 0.2) is 182 Å². The number of fused-ring (bicyclic) bond motifs is 4. The summed E-state index contributed by atoms with van der Waals surface area (Å²) in [6, 6.07) is 60.9. The predicted octanol–water partition coefficient (Wildman–Crippen LogP) is 16.0. The molecule has 67 heavy (non-hydrogen) atoms. The van der Waals surface area contributed by atoms with Crippen LogP contribution in [0.1, 0.15) is 26.3 Å². The standard InChI is InChI=1S/C58H41N5O4/c1-58(2,3)37-26-27-59-54(29-37)62-44-25-22-36(35-12-5-4-6-13-35)28-43(44)42-24-23-41(33-47(42)62)64-40-15-9-14-38(30-40)60-34-61(46-17-8-7-16-45(46)60)39-31-52-57-53(32-39)67-51-21-11-19-49-56(51)63(57)55-48(65-49)18-10-20-50(55)66-52/h4-33H,34H2,1-3H3. The molecule has 0 N–H and O–H groups in total. The molecule has 8 aromatic carbocycles. The summed E-state index contributed by atoms with van der Waals surface area (Å²) >= 11 is 0. The molecule has 4 aliphatic rings. The monoisotopic (exact) mass is 871 g/mol. The van der Waals surface area contributed by atoms with E-state index in [0.717, 1.165) is 113 Å². The van der Waals surface area contributed by atoms with E-state index < -0.39 is 0 Å². The zero-order valence-electron chi connectivity index (χ0n) is 36.9. The molecule has 322 valence electrons. The van der Waals surface area contributed by atoms with Crippen LogP contribution in [-0.2, 0) is 5.41 Å². The molecule has 0 spiro atoms. The molecule has 2 aromatic heterocycles. The number of pyridine rings is 1. The summed E-state index contributed by atoms with van der Waals surface area (Å²) in [7, 11) is 0. The third-order valence-corrected chi connectivity index (χ3v) is 13.4. The highest BCUT2D eigenvalue weighted by molar-refractivity contribution is 6.11. The fourth-order valence-electron chi connectivity index (χ4n) is 10.2. The summed E-state index contributed by atoms with van der Waals surface area (Å²) in [4.78, 5) is 11.8. The number of benzene rings is 8. The van der Waals surface area contributed by atoms with Crippen molar-refractivity contribution in [3.63, 3.8) is 0 Å². The lowest BCUT2D eigenvalue weighted by atomic mass is 9.88. The van der Waals surface area contributed by atoms with Crippen molar-refractivity contribution < 1.29 is 18.9 Å². The Labute approximate surface area is 386 Å². The second kappa shape index (κ2) is 13.9. The second-order valence-electron chi connectivity index (χ2n) is 18.5. The SMILES string of the molecule is CC(C)(C)c1ccnc(-n2c3ccc(-c4ccccc4)cc3c3ccc(Oc4cccc(N5CN(c6cc7c8c(c6)Oc6cccc9c6N8c6c(cccc6O7)O9)c6ccccc65)c4)cc32)c1. The molecule has 6 heterocycles. The van der Waals surface area contributed by atoms with Crippen molar-refractivity contribution in [2.24, 2.45) is 0 Å². The Bertz CT molecular complexity index is 3630. The van der Waals surface area contributed by atoms with Crippen LogP contribution < -0.4 is 33.6 Å². The molecule has 10 aromatic rings. The van der Waals surface area contributed by atoms with Gasteiger partial charge in [-0.15, -0.1) is 0 Å². The number of nitrogens with zero attached hydrogens (tertiary/aromatic N) is 5. The molecular formula is C58H41N5O4. The summed E-state index contributed by atoms with van der Waals surface area (Å²) in [5.74, 6) is 6.75. The van der Waals surface area contributed by atoms with Crippen LogP contribution in [0.5, 0.6) is 46.0 Å². The zero-order chi connectivity index (χ0) is 44.5. The minimum absolute atomic E-state index is 0.0404. The zero-order valence-corrected chi connectivity index (χ0v) is 36.9. The van der Waals surface area contributed by atoms with E-state index in [1.54, 1.807) is 0 Å². The van der Waals surface area contributed by atoms with Crippen LogP contribution in [0.25, 0.3) is 38.8 Å². The molecular weight excluding hydrogens is 831 g/mol. The molecule has 14 rings (SSSR count). The number of aromatic nitrogens is 2. The van der Waals surface area contributed by atoms with Gasteiger partial charge in [0.15, 0.2) is 34.5 Å². The van der Waals surface area contributed by atoms with Gasteiger partial charge in [0.2, 0.25) is 0 Å². The molecule has 0 saturated heterocycles. The Morgan fingerprint density at radius 2 is 1.10 bits per heavy atom. The number of hydrogen-bond acceptors (Lipinski definition) is 8. The Morgan fingerprint density at radius 3 is 1.81 bits per heavy atom. The van der Waals surface area contributed by atoms with E-state index in [1.165, 1.54) is 16.7 Å². The first kappa shape index (κ1) is 37.7. The summed E-state index contributed by atoms with van der Waals surface area (Å²) in [6.45, 7) is 7.26. The number of ether oxygens (including phenoxy) is 4. The minimum Gasteiger partial charge on any atom is -0.457 e. The Kier molecular flexibility index (Phi) is 7.82. The average Bonchev–Trinajstić information content (AvgIpc) is 3.90. The van der Waals surface area contributed by atoms with E-state index in [2.05, 4.69) is 173 Å². The van der Waals surface area contributed by atoms with Crippen molar-refractivity contribution in [3.05, 3.63) is 188 Å². The third-order valence-electron chi connectivity index (χ3n) is 13.4. The molecule has 4 aliphatic heterocycles. The summed E-state index contributed by atoms with van der Waals surface area (Å²) in [5, 5.41) is 2.29. The van der Waals surface area contributed by atoms with Crippen LogP contribution in [0.2, 0.25) is 0 Å². The smallest absolute Gasteiger partial charge is 0.157 e. The topological polar surface area (TPSA) is 64.5 Å². The highest BCUT2D eigenvalue weighted by atomic mass is 16.5.